The van der Waals surface area contributed by atoms with Crippen molar-refractivity contribution in [2.24, 2.45) is 5.92 Å². The van der Waals surface area contributed by atoms with E-state index in [0.717, 1.165) is 43.1 Å². The van der Waals surface area contributed by atoms with Crippen LogP contribution in [0.25, 0.3) is 5.69 Å². The highest BCUT2D eigenvalue weighted by Gasteiger charge is 2.34. The summed E-state index contributed by atoms with van der Waals surface area (Å²) in [5.41, 5.74) is -0.370. The smallest absolute Gasteiger partial charge is 0.317 e. The highest BCUT2D eigenvalue weighted by molar-refractivity contribution is 5.90. The minimum Gasteiger partial charge on any atom is -0.317 e. The quantitative estimate of drug-likeness (QED) is 0.762. The summed E-state index contributed by atoms with van der Waals surface area (Å²) < 4.78 is 41.1. The third-order valence-corrected chi connectivity index (χ3v) is 4.78. The maximum absolute atomic E-state index is 13.3. The lowest BCUT2D eigenvalue weighted by atomic mass is 9.93. The van der Waals surface area contributed by atoms with Crippen molar-refractivity contribution in [3.05, 3.63) is 41.6 Å². The van der Waals surface area contributed by atoms with E-state index in [9.17, 15) is 18.0 Å². The highest BCUT2D eigenvalue weighted by atomic mass is 35.5. The second-order valence-corrected chi connectivity index (χ2v) is 6.88. The summed E-state index contributed by atoms with van der Waals surface area (Å²) in [6, 6.07) is 6.79. The number of hydrogen-bond acceptors (Lipinski definition) is 3. The number of nitrogens with zero attached hydrogens (tertiary/aromatic N) is 2. The number of anilines is 1. The molecule has 0 atom stereocenters. The summed E-state index contributed by atoms with van der Waals surface area (Å²) in [7, 11) is 0. The van der Waals surface area contributed by atoms with Gasteiger partial charge in [-0.25, -0.2) is 4.68 Å². The predicted molar refractivity (Wildman–Crippen MR) is 104 cm³/mol. The first-order chi connectivity index (χ1) is 12.8. The van der Waals surface area contributed by atoms with E-state index < -0.39 is 11.7 Å². The predicted octanol–water partition coefficient (Wildman–Crippen LogP) is 4.34. The number of hydrogen-bond donors (Lipinski definition) is 2. The van der Waals surface area contributed by atoms with Crippen molar-refractivity contribution in [1.82, 2.24) is 15.1 Å². The van der Waals surface area contributed by atoms with Crippen molar-refractivity contribution in [2.75, 3.05) is 18.4 Å². The number of nitrogens with one attached hydrogen (secondary N) is 2. The Kier molecular flexibility index (Phi) is 7.48. The molecule has 1 fully saturated rings. The van der Waals surface area contributed by atoms with E-state index in [1.54, 1.807) is 13.0 Å². The van der Waals surface area contributed by atoms with Crippen LogP contribution in [0.1, 0.15) is 36.9 Å². The Morgan fingerprint density at radius 3 is 2.64 bits per heavy atom. The molecule has 2 N–H and O–H groups in total. The van der Waals surface area contributed by atoms with Crippen molar-refractivity contribution < 1.29 is 18.0 Å². The molecule has 5 nitrogen and oxygen atoms in total. The molecule has 0 unspecified atom stereocenters. The molecule has 1 amide bonds. The summed E-state index contributed by atoms with van der Waals surface area (Å²) in [5.74, 6) is 0.549. The van der Waals surface area contributed by atoms with Crippen LogP contribution < -0.4 is 10.6 Å². The SMILES string of the molecule is Cc1cc(NC(=O)CCC2CCNCC2)n(-c2ccccc2C(F)(F)F)n1.Cl. The molecule has 1 aromatic heterocycles. The Balaban J connectivity index is 0.00000280. The molecule has 1 saturated heterocycles. The summed E-state index contributed by atoms with van der Waals surface area (Å²) in [6.07, 6.45) is -1.30. The Morgan fingerprint density at radius 1 is 1.29 bits per heavy atom. The van der Waals surface area contributed by atoms with Crippen LogP contribution in [0.15, 0.2) is 30.3 Å². The molecule has 9 heteroatoms. The van der Waals surface area contributed by atoms with Crippen LogP contribution in [-0.4, -0.2) is 28.8 Å². The summed E-state index contributed by atoms with van der Waals surface area (Å²) in [4.78, 5) is 12.3. The number of benzene rings is 1. The van der Waals surface area contributed by atoms with Gasteiger partial charge in [0.05, 0.1) is 16.9 Å². The number of halogens is 4. The standard InChI is InChI=1S/C19H23F3N4O.ClH/c1-13-12-17(24-18(27)7-6-14-8-10-23-11-9-14)26(25-13)16-5-3-2-4-15(16)19(20,21)22;/h2-5,12,14,23H,6-11H2,1H3,(H,24,27);1H. The average molecular weight is 417 g/mol. The van der Waals surface area contributed by atoms with Gasteiger partial charge in [-0.15, -0.1) is 12.4 Å². The van der Waals surface area contributed by atoms with Gasteiger partial charge in [0.25, 0.3) is 0 Å². The number of aryl methyl sites for hydroxylation is 1. The van der Waals surface area contributed by atoms with Crippen molar-refractivity contribution in [1.29, 1.82) is 0 Å². The Labute approximate surface area is 168 Å². The van der Waals surface area contributed by atoms with Gasteiger partial charge in [0, 0.05) is 12.5 Å². The molecule has 1 aliphatic heterocycles. The molecular weight excluding hydrogens is 393 g/mol. The maximum Gasteiger partial charge on any atom is 0.418 e. The van der Waals surface area contributed by atoms with Crippen molar-refractivity contribution in [2.45, 2.75) is 38.8 Å². The normalized spacial score (nSPS) is 15.1. The van der Waals surface area contributed by atoms with Crippen LogP contribution in [0.2, 0.25) is 0 Å². The fourth-order valence-electron chi connectivity index (χ4n) is 3.38. The molecule has 28 heavy (non-hydrogen) atoms. The Morgan fingerprint density at radius 2 is 1.96 bits per heavy atom. The Bertz CT molecular complexity index is 801. The van der Waals surface area contributed by atoms with Gasteiger partial charge in [-0.1, -0.05) is 12.1 Å². The molecule has 0 spiro atoms. The molecular formula is C19H24ClF3N4O. The zero-order chi connectivity index (χ0) is 19.4. The summed E-state index contributed by atoms with van der Waals surface area (Å²) >= 11 is 0. The van der Waals surface area contributed by atoms with E-state index in [2.05, 4.69) is 15.7 Å². The minimum absolute atomic E-state index is 0. The number of piperidine rings is 1. The molecule has 1 aliphatic rings. The second-order valence-electron chi connectivity index (χ2n) is 6.88. The van der Waals surface area contributed by atoms with E-state index in [4.69, 9.17) is 0 Å². The van der Waals surface area contributed by atoms with Crippen LogP contribution in [0.4, 0.5) is 19.0 Å². The number of para-hydroxylation sites is 1. The highest BCUT2D eigenvalue weighted by Crippen LogP contribution is 2.34. The van der Waals surface area contributed by atoms with Gasteiger partial charge in [0.2, 0.25) is 5.91 Å². The van der Waals surface area contributed by atoms with Gasteiger partial charge in [0.1, 0.15) is 5.82 Å². The largest absolute Gasteiger partial charge is 0.418 e. The fourth-order valence-corrected chi connectivity index (χ4v) is 3.38. The van der Waals surface area contributed by atoms with Gasteiger partial charge in [-0.3, -0.25) is 4.79 Å². The summed E-state index contributed by atoms with van der Waals surface area (Å²) in [6.45, 7) is 3.61. The summed E-state index contributed by atoms with van der Waals surface area (Å²) in [5, 5.41) is 10.2. The third-order valence-electron chi connectivity index (χ3n) is 4.78. The maximum atomic E-state index is 13.3. The second kappa shape index (κ2) is 9.43. The lowest BCUT2D eigenvalue weighted by Gasteiger charge is -2.22. The molecule has 2 aromatic rings. The number of carbonyl (C=O) groups excluding carboxylic acids is 1. The number of alkyl halides is 3. The van der Waals surface area contributed by atoms with Crippen LogP contribution in [-0.2, 0) is 11.0 Å². The van der Waals surface area contributed by atoms with E-state index in [1.165, 1.54) is 18.2 Å². The lowest BCUT2D eigenvalue weighted by molar-refractivity contribution is -0.137. The zero-order valence-corrected chi connectivity index (χ0v) is 16.4. The van der Waals surface area contributed by atoms with E-state index in [0.29, 0.717) is 18.0 Å². The van der Waals surface area contributed by atoms with Gasteiger partial charge in [-0.2, -0.15) is 18.3 Å². The molecule has 0 bridgehead atoms. The first-order valence-corrected chi connectivity index (χ1v) is 9.08. The van der Waals surface area contributed by atoms with Gasteiger partial charge in [-0.05, 0) is 57.3 Å². The fraction of sp³-hybridized carbons (Fsp3) is 0.474. The van der Waals surface area contributed by atoms with Gasteiger partial charge < -0.3 is 10.6 Å². The number of rotatable bonds is 5. The molecule has 0 saturated carbocycles. The molecule has 0 radical (unpaired) electrons. The Hall–Kier alpha value is -2.06. The average Bonchev–Trinajstić information content (AvgIpc) is 3.00. The van der Waals surface area contributed by atoms with Crippen LogP contribution in [0.3, 0.4) is 0 Å². The zero-order valence-electron chi connectivity index (χ0n) is 15.6. The van der Waals surface area contributed by atoms with E-state index in [1.807, 2.05) is 0 Å². The van der Waals surface area contributed by atoms with Crippen molar-refractivity contribution >= 4 is 24.1 Å². The first kappa shape index (κ1) is 22.2. The molecule has 2 heterocycles. The van der Waals surface area contributed by atoms with Crippen LogP contribution in [0, 0.1) is 12.8 Å². The first-order valence-electron chi connectivity index (χ1n) is 9.08. The molecule has 154 valence electrons. The third kappa shape index (κ3) is 5.48. The van der Waals surface area contributed by atoms with Crippen LogP contribution >= 0.6 is 12.4 Å². The van der Waals surface area contributed by atoms with Gasteiger partial charge in [0.15, 0.2) is 0 Å². The number of amides is 1. The molecule has 0 aliphatic carbocycles. The minimum atomic E-state index is -4.51. The van der Waals surface area contributed by atoms with Crippen molar-refractivity contribution in [3.63, 3.8) is 0 Å². The molecule has 1 aromatic carbocycles. The topological polar surface area (TPSA) is 59.0 Å². The van der Waals surface area contributed by atoms with Crippen molar-refractivity contribution in [3.8, 4) is 5.69 Å². The lowest BCUT2D eigenvalue weighted by Crippen LogP contribution is -2.28. The number of aromatic nitrogens is 2. The molecule has 3 rings (SSSR count). The van der Waals surface area contributed by atoms with Crippen LogP contribution in [0.5, 0.6) is 0 Å². The monoisotopic (exact) mass is 416 g/mol. The van der Waals surface area contributed by atoms with E-state index in [-0.39, 0.29) is 29.8 Å². The van der Waals surface area contributed by atoms with E-state index >= 15 is 0 Å². The van der Waals surface area contributed by atoms with Gasteiger partial charge >= 0.3 is 6.18 Å². The number of carbonyl (C=O) groups is 1.